The van der Waals surface area contributed by atoms with Gasteiger partial charge in [0.05, 0.1) is 12.1 Å². The van der Waals surface area contributed by atoms with Crippen LogP contribution in [0.2, 0.25) is 0 Å². The predicted octanol–water partition coefficient (Wildman–Crippen LogP) is 2.20. The minimum absolute atomic E-state index is 0.100. The summed E-state index contributed by atoms with van der Waals surface area (Å²) < 4.78 is 18.8. The Morgan fingerprint density at radius 1 is 1.36 bits per heavy atom. The maximum Gasteiger partial charge on any atom is 0.315 e. The maximum atomic E-state index is 13.4. The molecule has 1 aromatic rings. The molecule has 0 saturated heterocycles. The lowest BCUT2D eigenvalue weighted by Crippen LogP contribution is -2.48. The van der Waals surface area contributed by atoms with Gasteiger partial charge in [-0.2, -0.15) is 0 Å². The molecular formula is C16H23FN2O3. The van der Waals surface area contributed by atoms with Crippen LogP contribution in [0.4, 0.5) is 9.18 Å². The van der Waals surface area contributed by atoms with E-state index in [1.54, 1.807) is 25.1 Å². The number of para-hydroxylation sites is 1. The van der Waals surface area contributed by atoms with Crippen molar-refractivity contribution in [2.75, 3.05) is 6.61 Å². The van der Waals surface area contributed by atoms with Crippen LogP contribution in [-0.2, 0) is 0 Å². The van der Waals surface area contributed by atoms with Crippen LogP contribution in [-0.4, -0.2) is 35.9 Å². The number of ether oxygens (including phenoxy) is 1. The zero-order valence-electron chi connectivity index (χ0n) is 12.7. The monoisotopic (exact) mass is 310 g/mol. The Kier molecular flexibility index (Phi) is 6.00. The van der Waals surface area contributed by atoms with Gasteiger partial charge in [0, 0.05) is 6.04 Å². The number of amides is 2. The fraction of sp³-hybridized carbons (Fsp3) is 0.562. The van der Waals surface area contributed by atoms with Gasteiger partial charge in [-0.25, -0.2) is 9.18 Å². The van der Waals surface area contributed by atoms with E-state index in [1.807, 2.05) is 0 Å². The van der Waals surface area contributed by atoms with Gasteiger partial charge in [-0.05, 0) is 44.7 Å². The largest absolute Gasteiger partial charge is 0.488 e. The van der Waals surface area contributed by atoms with E-state index in [1.165, 1.54) is 6.07 Å². The number of aliphatic hydroxyl groups is 1. The van der Waals surface area contributed by atoms with E-state index in [4.69, 9.17) is 4.74 Å². The Hall–Kier alpha value is -1.82. The normalized spacial score (nSPS) is 22.7. The highest BCUT2D eigenvalue weighted by Gasteiger charge is 2.21. The number of urea groups is 1. The summed E-state index contributed by atoms with van der Waals surface area (Å²) >= 11 is 0. The molecular weight excluding hydrogens is 287 g/mol. The third-order valence-electron chi connectivity index (χ3n) is 3.73. The lowest BCUT2D eigenvalue weighted by molar-refractivity contribution is 0.117. The van der Waals surface area contributed by atoms with E-state index < -0.39 is 5.82 Å². The van der Waals surface area contributed by atoms with Crippen LogP contribution in [0.5, 0.6) is 5.75 Å². The van der Waals surface area contributed by atoms with E-state index in [9.17, 15) is 14.3 Å². The van der Waals surface area contributed by atoms with Crippen LogP contribution < -0.4 is 15.4 Å². The lowest BCUT2D eigenvalue weighted by atomic mass is 9.93. The maximum absolute atomic E-state index is 13.4. The van der Waals surface area contributed by atoms with Gasteiger partial charge in [-0.3, -0.25) is 0 Å². The fourth-order valence-electron chi connectivity index (χ4n) is 2.49. The average Bonchev–Trinajstić information content (AvgIpc) is 2.49. The van der Waals surface area contributed by atoms with Crippen LogP contribution in [0.1, 0.15) is 32.6 Å². The number of hydrogen-bond acceptors (Lipinski definition) is 3. The smallest absolute Gasteiger partial charge is 0.315 e. The molecule has 22 heavy (non-hydrogen) atoms. The van der Waals surface area contributed by atoms with Crippen LogP contribution in [0.3, 0.4) is 0 Å². The Morgan fingerprint density at radius 3 is 2.73 bits per heavy atom. The lowest BCUT2D eigenvalue weighted by Gasteiger charge is -2.27. The number of nitrogens with one attached hydrogen (secondary N) is 2. The summed E-state index contributed by atoms with van der Waals surface area (Å²) in [5.74, 6) is -0.238. The van der Waals surface area contributed by atoms with E-state index in [0.29, 0.717) is 0 Å². The SMILES string of the molecule is C[C@H](COc1ccccc1F)NC(=O)NC1CCC(O)CC1. The molecule has 0 aliphatic heterocycles. The molecule has 5 nitrogen and oxygen atoms in total. The number of carbonyl (C=O) groups is 1. The topological polar surface area (TPSA) is 70.6 Å². The summed E-state index contributed by atoms with van der Waals surface area (Å²) in [4.78, 5) is 11.9. The van der Waals surface area contributed by atoms with Crippen molar-refractivity contribution in [3.8, 4) is 5.75 Å². The van der Waals surface area contributed by atoms with Gasteiger partial charge < -0.3 is 20.5 Å². The molecule has 6 heteroatoms. The van der Waals surface area contributed by atoms with Gasteiger partial charge in [0.2, 0.25) is 0 Å². The number of aliphatic hydroxyl groups excluding tert-OH is 1. The number of halogens is 1. The second-order valence-corrected chi connectivity index (χ2v) is 5.77. The number of hydrogen-bond donors (Lipinski definition) is 3. The quantitative estimate of drug-likeness (QED) is 0.781. The summed E-state index contributed by atoms with van der Waals surface area (Å²) in [5, 5.41) is 15.1. The van der Waals surface area contributed by atoms with Crippen molar-refractivity contribution in [1.29, 1.82) is 0 Å². The Bertz CT molecular complexity index is 490. The summed E-state index contributed by atoms with van der Waals surface area (Å²) in [6.07, 6.45) is 2.77. The van der Waals surface area contributed by atoms with Gasteiger partial charge in [-0.15, -0.1) is 0 Å². The van der Waals surface area contributed by atoms with Gasteiger partial charge in [0.25, 0.3) is 0 Å². The van der Waals surface area contributed by atoms with Crippen LogP contribution in [0, 0.1) is 5.82 Å². The van der Waals surface area contributed by atoms with Crippen molar-refractivity contribution in [2.45, 2.75) is 50.8 Å². The minimum Gasteiger partial charge on any atom is -0.488 e. The van der Waals surface area contributed by atoms with Gasteiger partial charge in [0.15, 0.2) is 11.6 Å². The van der Waals surface area contributed by atoms with E-state index in [0.717, 1.165) is 25.7 Å². The van der Waals surface area contributed by atoms with Gasteiger partial charge in [0.1, 0.15) is 6.61 Å². The van der Waals surface area contributed by atoms with Crippen LogP contribution in [0.25, 0.3) is 0 Å². The van der Waals surface area contributed by atoms with Gasteiger partial charge in [-0.1, -0.05) is 12.1 Å². The second-order valence-electron chi connectivity index (χ2n) is 5.77. The number of rotatable bonds is 5. The summed E-state index contributed by atoms with van der Waals surface area (Å²) in [5.41, 5.74) is 0. The molecule has 1 aromatic carbocycles. The molecule has 0 heterocycles. The summed E-state index contributed by atoms with van der Waals surface area (Å²) in [7, 11) is 0. The molecule has 122 valence electrons. The number of carbonyl (C=O) groups excluding carboxylic acids is 1. The zero-order chi connectivity index (χ0) is 15.9. The Morgan fingerprint density at radius 2 is 2.05 bits per heavy atom. The van der Waals surface area contributed by atoms with Crippen LogP contribution >= 0.6 is 0 Å². The van der Waals surface area contributed by atoms with Crippen LogP contribution in [0.15, 0.2) is 24.3 Å². The van der Waals surface area contributed by atoms with E-state index >= 15 is 0 Å². The standard InChI is InChI=1S/C16H23FN2O3/c1-11(10-22-15-5-3-2-4-14(15)17)18-16(21)19-12-6-8-13(20)9-7-12/h2-5,11-13,20H,6-10H2,1H3,(H2,18,19,21)/t11-,12?,13?/m1/s1. The third kappa shape index (κ3) is 5.18. The second kappa shape index (κ2) is 7.98. The van der Waals surface area contributed by atoms with Crippen molar-refractivity contribution in [1.82, 2.24) is 10.6 Å². The molecule has 2 rings (SSSR count). The molecule has 1 aliphatic rings. The molecule has 1 saturated carbocycles. The molecule has 0 unspecified atom stereocenters. The average molecular weight is 310 g/mol. The molecule has 1 aliphatic carbocycles. The minimum atomic E-state index is -0.417. The van der Waals surface area contributed by atoms with E-state index in [-0.39, 0.29) is 36.6 Å². The Labute approximate surface area is 129 Å². The fourth-order valence-corrected chi connectivity index (χ4v) is 2.49. The van der Waals surface area contributed by atoms with Crippen molar-refractivity contribution in [2.24, 2.45) is 0 Å². The van der Waals surface area contributed by atoms with Gasteiger partial charge >= 0.3 is 6.03 Å². The summed E-state index contributed by atoms with van der Waals surface area (Å²) in [6.45, 7) is 1.99. The molecule has 0 radical (unpaired) electrons. The van der Waals surface area contributed by atoms with Crippen molar-refractivity contribution >= 4 is 6.03 Å². The molecule has 2 amide bonds. The highest BCUT2D eigenvalue weighted by molar-refractivity contribution is 5.74. The first-order chi connectivity index (χ1) is 10.5. The molecule has 3 N–H and O–H groups in total. The van der Waals surface area contributed by atoms with E-state index in [2.05, 4.69) is 10.6 Å². The first-order valence-corrected chi connectivity index (χ1v) is 7.67. The number of benzene rings is 1. The highest BCUT2D eigenvalue weighted by Crippen LogP contribution is 2.18. The van der Waals surface area contributed by atoms with Crippen molar-refractivity contribution < 1.29 is 19.0 Å². The molecule has 1 fully saturated rings. The molecule has 0 spiro atoms. The molecule has 0 aromatic heterocycles. The first-order valence-electron chi connectivity index (χ1n) is 7.67. The summed E-state index contributed by atoms with van der Waals surface area (Å²) in [6, 6.07) is 5.77. The van der Waals surface area contributed by atoms with Crippen molar-refractivity contribution in [3.63, 3.8) is 0 Å². The molecule has 0 bridgehead atoms. The predicted molar refractivity (Wildman–Crippen MR) is 81.3 cm³/mol. The molecule has 1 atom stereocenters. The Balaban J connectivity index is 1.69. The third-order valence-corrected chi connectivity index (χ3v) is 3.73. The van der Waals surface area contributed by atoms with Crippen molar-refractivity contribution in [3.05, 3.63) is 30.1 Å². The highest BCUT2D eigenvalue weighted by atomic mass is 19.1. The first kappa shape index (κ1) is 16.5. The zero-order valence-corrected chi connectivity index (χ0v) is 12.7.